The van der Waals surface area contributed by atoms with Crippen molar-refractivity contribution in [2.24, 2.45) is 28.6 Å². The minimum atomic E-state index is -0.132. The third kappa shape index (κ3) is 1.60. The Bertz CT molecular complexity index is 468. The van der Waals surface area contributed by atoms with Gasteiger partial charge in [0.25, 0.3) is 0 Å². The largest absolute Gasteiger partial charge is 0.458 e. The van der Waals surface area contributed by atoms with E-state index in [4.69, 9.17) is 4.74 Å². The van der Waals surface area contributed by atoms with Crippen molar-refractivity contribution >= 4 is 5.97 Å². The summed E-state index contributed by atoms with van der Waals surface area (Å²) in [5.74, 6) is 2.37. The van der Waals surface area contributed by atoms with E-state index in [1.54, 1.807) is 6.08 Å². The van der Waals surface area contributed by atoms with Crippen molar-refractivity contribution in [3.05, 3.63) is 12.2 Å². The molecule has 20 heavy (non-hydrogen) atoms. The molecule has 4 aliphatic rings. The lowest BCUT2D eigenvalue weighted by atomic mass is 9.49. The highest BCUT2D eigenvalue weighted by Crippen LogP contribution is 2.63. The topological polar surface area (TPSA) is 26.3 Å². The summed E-state index contributed by atoms with van der Waals surface area (Å²) in [6.45, 7) is 4.88. The molecule has 0 aromatic carbocycles. The molecule has 0 aromatic rings. The van der Waals surface area contributed by atoms with E-state index in [1.807, 2.05) is 0 Å². The van der Waals surface area contributed by atoms with Crippen molar-refractivity contribution in [2.45, 2.75) is 64.9 Å². The van der Waals surface area contributed by atoms with E-state index in [0.717, 1.165) is 24.2 Å². The third-order valence-corrected chi connectivity index (χ3v) is 7.31. The Labute approximate surface area is 122 Å². The molecule has 0 spiro atoms. The van der Waals surface area contributed by atoms with Crippen molar-refractivity contribution in [1.29, 1.82) is 0 Å². The van der Waals surface area contributed by atoms with Crippen LogP contribution in [0.5, 0.6) is 0 Å². The average molecular weight is 274 g/mol. The van der Waals surface area contributed by atoms with Crippen LogP contribution in [0.3, 0.4) is 0 Å². The smallest absolute Gasteiger partial charge is 0.330 e. The number of ether oxygens (including phenoxy) is 1. The van der Waals surface area contributed by atoms with Crippen molar-refractivity contribution in [3.8, 4) is 0 Å². The number of esters is 1. The van der Waals surface area contributed by atoms with Gasteiger partial charge in [0.2, 0.25) is 0 Å². The van der Waals surface area contributed by atoms with Crippen LogP contribution < -0.4 is 0 Å². The molecular weight excluding hydrogens is 248 g/mol. The second kappa shape index (κ2) is 4.11. The minimum absolute atomic E-state index is 0.0980. The van der Waals surface area contributed by atoms with Gasteiger partial charge in [0.05, 0.1) is 0 Å². The lowest BCUT2D eigenvalue weighted by molar-refractivity contribution is -0.166. The summed E-state index contributed by atoms with van der Waals surface area (Å²) in [5.41, 5.74) is 0.708. The molecule has 0 unspecified atom stereocenters. The predicted molar refractivity (Wildman–Crippen MR) is 78.0 cm³/mol. The van der Waals surface area contributed by atoms with Gasteiger partial charge in [0.15, 0.2) is 0 Å². The van der Waals surface area contributed by atoms with Crippen LogP contribution in [-0.2, 0) is 9.53 Å². The van der Waals surface area contributed by atoms with Crippen molar-refractivity contribution < 1.29 is 9.53 Å². The first-order chi connectivity index (χ1) is 9.53. The molecule has 0 amide bonds. The summed E-state index contributed by atoms with van der Waals surface area (Å²) in [4.78, 5) is 11.5. The van der Waals surface area contributed by atoms with Gasteiger partial charge in [-0.25, -0.2) is 4.79 Å². The molecule has 110 valence electrons. The highest BCUT2D eigenvalue weighted by molar-refractivity contribution is 5.83. The molecule has 2 heteroatoms. The third-order valence-electron chi connectivity index (χ3n) is 7.31. The first kappa shape index (κ1) is 12.9. The first-order valence-electron chi connectivity index (χ1n) is 8.43. The molecular formula is C18H26O2. The maximum Gasteiger partial charge on any atom is 0.330 e. The monoisotopic (exact) mass is 274 g/mol. The van der Waals surface area contributed by atoms with E-state index >= 15 is 0 Å². The lowest BCUT2D eigenvalue weighted by Crippen LogP contribution is -2.54. The Morgan fingerprint density at radius 1 is 1.10 bits per heavy atom. The maximum absolute atomic E-state index is 11.5. The zero-order chi connectivity index (χ0) is 14.0. The SMILES string of the molecule is C[C@@]12CCC[C@H]1[C@@H]1CC[C@H]3OC(=O)C=C[C@]3(C)[C@H]1CC2. The van der Waals surface area contributed by atoms with Crippen LogP contribution in [0, 0.1) is 28.6 Å². The molecule has 3 fully saturated rings. The zero-order valence-electron chi connectivity index (χ0n) is 12.7. The summed E-state index contributed by atoms with van der Waals surface area (Å²) < 4.78 is 5.65. The molecule has 1 aliphatic heterocycles. The molecule has 0 aromatic heterocycles. The molecule has 1 heterocycles. The number of carbonyl (C=O) groups is 1. The summed E-state index contributed by atoms with van der Waals surface area (Å²) in [6.07, 6.45) is 13.3. The molecule has 0 radical (unpaired) electrons. The second-order valence-electron chi connectivity index (χ2n) is 8.16. The van der Waals surface area contributed by atoms with Crippen LogP contribution in [0.4, 0.5) is 0 Å². The van der Waals surface area contributed by atoms with Gasteiger partial charge in [-0.3, -0.25) is 0 Å². The number of carbonyl (C=O) groups excluding carboxylic acids is 1. The Kier molecular flexibility index (Phi) is 2.66. The van der Waals surface area contributed by atoms with Crippen LogP contribution in [0.15, 0.2) is 12.2 Å². The quantitative estimate of drug-likeness (QED) is 0.622. The summed E-state index contributed by atoms with van der Waals surface area (Å²) in [5, 5.41) is 0. The van der Waals surface area contributed by atoms with Crippen molar-refractivity contribution in [2.75, 3.05) is 0 Å². The highest BCUT2D eigenvalue weighted by atomic mass is 16.5. The molecule has 0 bridgehead atoms. The van der Waals surface area contributed by atoms with Crippen molar-refractivity contribution in [1.82, 2.24) is 0 Å². The standard InChI is InChI=1S/C18H26O2/c1-17-9-3-4-13(17)12-5-6-15-18(2,14(12)7-10-17)11-8-16(19)20-15/h8,11-15H,3-7,9-10H2,1-2H3/t12-,13-,14-,15+,17-,18+/m0/s1. The van der Waals surface area contributed by atoms with Crippen LogP contribution >= 0.6 is 0 Å². The highest BCUT2D eigenvalue weighted by Gasteiger charge is 2.57. The van der Waals surface area contributed by atoms with Crippen LogP contribution in [0.2, 0.25) is 0 Å². The van der Waals surface area contributed by atoms with E-state index in [1.165, 1.54) is 38.5 Å². The van der Waals surface area contributed by atoms with Gasteiger partial charge in [0, 0.05) is 11.5 Å². The fraction of sp³-hybridized carbons (Fsp3) is 0.833. The van der Waals surface area contributed by atoms with Crippen LogP contribution in [0.1, 0.15) is 58.8 Å². The van der Waals surface area contributed by atoms with Gasteiger partial charge in [-0.05, 0) is 61.7 Å². The number of hydrogen-bond donors (Lipinski definition) is 0. The van der Waals surface area contributed by atoms with E-state index in [9.17, 15) is 4.79 Å². The van der Waals surface area contributed by atoms with E-state index in [2.05, 4.69) is 19.9 Å². The summed E-state index contributed by atoms with van der Waals surface area (Å²) in [7, 11) is 0. The molecule has 6 atom stereocenters. The van der Waals surface area contributed by atoms with Gasteiger partial charge < -0.3 is 4.74 Å². The van der Waals surface area contributed by atoms with Crippen LogP contribution in [-0.4, -0.2) is 12.1 Å². The van der Waals surface area contributed by atoms with E-state index < -0.39 is 0 Å². The predicted octanol–water partition coefficient (Wildman–Crippen LogP) is 4.10. The van der Waals surface area contributed by atoms with Gasteiger partial charge in [-0.15, -0.1) is 0 Å². The summed E-state index contributed by atoms with van der Waals surface area (Å²) in [6, 6.07) is 0. The maximum atomic E-state index is 11.5. The zero-order valence-corrected chi connectivity index (χ0v) is 12.7. The second-order valence-corrected chi connectivity index (χ2v) is 8.16. The fourth-order valence-electron chi connectivity index (χ4n) is 6.19. The minimum Gasteiger partial charge on any atom is -0.458 e. The van der Waals surface area contributed by atoms with Gasteiger partial charge >= 0.3 is 5.97 Å². The Morgan fingerprint density at radius 2 is 1.95 bits per heavy atom. The molecule has 4 rings (SSSR count). The Hall–Kier alpha value is -0.790. The molecule has 3 aliphatic carbocycles. The van der Waals surface area contributed by atoms with E-state index in [0.29, 0.717) is 5.41 Å². The molecule has 0 N–H and O–H groups in total. The van der Waals surface area contributed by atoms with Crippen molar-refractivity contribution in [3.63, 3.8) is 0 Å². The molecule has 2 nitrogen and oxygen atoms in total. The van der Waals surface area contributed by atoms with E-state index in [-0.39, 0.29) is 17.5 Å². The number of hydrogen-bond acceptors (Lipinski definition) is 2. The number of rotatable bonds is 0. The molecule has 0 saturated heterocycles. The normalized spacial score (nSPS) is 53.8. The Balaban J connectivity index is 1.68. The van der Waals surface area contributed by atoms with Gasteiger partial charge in [-0.2, -0.15) is 0 Å². The fourth-order valence-corrected chi connectivity index (χ4v) is 6.19. The first-order valence-corrected chi connectivity index (χ1v) is 8.43. The van der Waals surface area contributed by atoms with Crippen LogP contribution in [0.25, 0.3) is 0 Å². The number of fused-ring (bicyclic) bond motifs is 5. The Morgan fingerprint density at radius 3 is 2.80 bits per heavy atom. The van der Waals surface area contributed by atoms with Gasteiger partial charge in [-0.1, -0.05) is 26.3 Å². The average Bonchev–Trinajstić information content (AvgIpc) is 2.81. The van der Waals surface area contributed by atoms with Gasteiger partial charge in [0.1, 0.15) is 6.10 Å². The lowest BCUT2D eigenvalue weighted by Gasteiger charge is -2.57. The molecule has 3 saturated carbocycles. The summed E-state index contributed by atoms with van der Waals surface area (Å²) >= 11 is 0.